The van der Waals surface area contributed by atoms with Crippen LogP contribution in [0.5, 0.6) is 0 Å². The van der Waals surface area contributed by atoms with E-state index in [4.69, 9.17) is 5.84 Å². The van der Waals surface area contributed by atoms with Crippen LogP contribution in [0.3, 0.4) is 0 Å². The van der Waals surface area contributed by atoms with Gasteiger partial charge in [-0.1, -0.05) is 43.3 Å². The third-order valence-corrected chi connectivity index (χ3v) is 2.82. The first-order valence-corrected chi connectivity index (χ1v) is 6.08. The highest BCUT2D eigenvalue weighted by atomic mass is 32.2. The normalized spacial score (nSPS) is 11.5. The van der Waals surface area contributed by atoms with Crippen LogP contribution in [0.1, 0.15) is 19.8 Å². The molecule has 1 aromatic carbocycles. The minimum Gasteiger partial charge on any atom is -0.303 e. The summed E-state index contributed by atoms with van der Waals surface area (Å²) in [5.74, 6) is 6.45. The first-order chi connectivity index (χ1) is 7.36. The summed E-state index contributed by atoms with van der Waals surface area (Å²) in [5.41, 5.74) is 3.55. The first-order valence-electron chi connectivity index (χ1n) is 5.10. The van der Waals surface area contributed by atoms with Crippen LogP contribution in [0.2, 0.25) is 0 Å². The van der Waals surface area contributed by atoms with Crippen LogP contribution in [0.15, 0.2) is 35.3 Å². The fraction of sp³-hybridized carbons (Fsp3) is 0.364. The van der Waals surface area contributed by atoms with Crippen LogP contribution in [-0.2, 0) is 0 Å². The van der Waals surface area contributed by atoms with Gasteiger partial charge >= 0.3 is 0 Å². The van der Waals surface area contributed by atoms with E-state index >= 15 is 0 Å². The number of nitrogens with two attached hydrogens (primary N) is 1. The van der Waals surface area contributed by atoms with Crippen molar-refractivity contribution in [2.75, 3.05) is 5.75 Å². The van der Waals surface area contributed by atoms with E-state index < -0.39 is 0 Å². The highest BCUT2D eigenvalue weighted by molar-refractivity contribution is 8.13. The number of para-hydroxylation sites is 1. The second kappa shape index (κ2) is 7.31. The molecule has 0 spiro atoms. The van der Waals surface area contributed by atoms with E-state index in [1.54, 1.807) is 11.8 Å². The van der Waals surface area contributed by atoms with Crippen LogP contribution in [0, 0.1) is 0 Å². The van der Waals surface area contributed by atoms with E-state index in [2.05, 4.69) is 17.3 Å². The molecule has 0 fully saturated rings. The average Bonchev–Trinajstić information content (AvgIpc) is 2.29. The maximum Gasteiger partial charge on any atom is 0.176 e. The molecule has 0 aromatic heterocycles. The van der Waals surface area contributed by atoms with E-state index in [0.29, 0.717) is 0 Å². The molecule has 1 rings (SSSR count). The number of nitrogens with one attached hydrogen (secondary N) is 1. The molecule has 0 atom stereocenters. The molecule has 82 valence electrons. The Balaban J connectivity index is 2.54. The Hall–Kier alpha value is -1.00. The van der Waals surface area contributed by atoms with Crippen molar-refractivity contribution >= 4 is 22.6 Å². The van der Waals surface area contributed by atoms with Gasteiger partial charge in [0.1, 0.15) is 0 Å². The van der Waals surface area contributed by atoms with Gasteiger partial charge in [0.25, 0.3) is 0 Å². The third kappa shape index (κ3) is 4.85. The molecule has 0 aliphatic heterocycles. The molecule has 0 saturated heterocycles. The van der Waals surface area contributed by atoms with E-state index in [9.17, 15) is 0 Å². The molecule has 3 N–H and O–H groups in total. The van der Waals surface area contributed by atoms with Crippen molar-refractivity contribution in [3.05, 3.63) is 30.3 Å². The summed E-state index contributed by atoms with van der Waals surface area (Å²) in [6.07, 6.45) is 2.37. The number of hydrogen-bond acceptors (Lipinski definition) is 3. The minimum atomic E-state index is 0.773. The molecule has 0 aliphatic rings. The smallest absolute Gasteiger partial charge is 0.176 e. The van der Waals surface area contributed by atoms with Crippen LogP contribution >= 0.6 is 11.8 Å². The molecular formula is C11H17N3S. The number of nitrogens with zero attached hydrogens (tertiary/aromatic N) is 1. The molecule has 0 saturated carbocycles. The summed E-state index contributed by atoms with van der Waals surface area (Å²) in [5, 5.41) is 0.773. The molecule has 0 heterocycles. The van der Waals surface area contributed by atoms with Crippen LogP contribution < -0.4 is 11.3 Å². The predicted octanol–water partition coefficient (Wildman–Crippen LogP) is 2.67. The largest absolute Gasteiger partial charge is 0.303 e. The average molecular weight is 223 g/mol. The zero-order valence-electron chi connectivity index (χ0n) is 8.94. The lowest BCUT2D eigenvalue weighted by atomic mass is 10.3. The molecule has 0 amide bonds. The van der Waals surface area contributed by atoms with Gasteiger partial charge in [-0.2, -0.15) is 0 Å². The Morgan fingerprint density at radius 1 is 1.40 bits per heavy atom. The maximum atomic E-state index is 5.40. The zero-order chi connectivity index (χ0) is 10.9. The summed E-state index contributed by atoms with van der Waals surface area (Å²) in [6, 6.07) is 9.81. The second-order valence-electron chi connectivity index (χ2n) is 3.10. The Bertz CT molecular complexity index is 298. The standard InChI is InChI=1S/C11H17N3S/c1-2-3-9-15-11(14-12)13-10-7-5-4-6-8-10/h4-8H,2-3,9,12H2,1H3,(H,13,14). The van der Waals surface area contributed by atoms with Crippen molar-refractivity contribution in [3.8, 4) is 0 Å². The summed E-state index contributed by atoms with van der Waals surface area (Å²) in [4.78, 5) is 4.39. The second-order valence-corrected chi connectivity index (χ2v) is 4.18. The number of unbranched alkanes of at least 4 members (excludes halogenated alkanes) is 1. The lowest BCUT2D eigenvalue weighted by molar-refractivity contribution is 0.897. The van der Waals surface area contributed by atoms with Gasteiger partial charge < -0.3 is 5.43 Å². The molecule has 0 radical (unpaired) electrons. The molecule has 4 heteroatoms. The monoisotopic (exact) mass is 223 g/mol. The molecule has 3 nitrogen and oxygen atoms in total. The number of hydrogen-bond donors (Lipinski definition) is 2. The van der Waals surface area contributed by atoms with E-state index in [0.717, 1.165) is 16.6 Å². The van der Waals surface area contributed by atoms with Crippen molar-refractivity contribution < 1.29 is 0 Å². The Labute approximate surface area is 95.1 Å². The summed E-state index contributed by atoms with van der Waals surface area (Å²) in [6.45, 7) is 2.17. The van der Waals surface area contributed by atoms with Crippen molar-refractivity contribution in [3.63, 3.8) is 0 Å². The molecule has 0 aliphatic carbocycles. The Kier molecular flexibility index (Phi) is 5.88. The van der Waals surface area contributed by atoms with Gasteiger partial charge in [0.05, 0.1) is 5.69 Å². The first kappa shape index (κ1) is 12.1. The van der Waals surface area contributed by atoms with Crippen LogP contribution in [0.25, 0.3) is 0 Å². The molecule has 15 heavy (non-hydrogen) atoms. The Morgan fingerprint density at radius 3 is 2.73 bits per heavy atom. The molecule has 1 aromatic rings. The highest BCUT2D eigenvalue weighted by Crippen LogP contribution is 2.14. The summed E-state index contributed by atoms with van der Waals surface area (Å²) in [7, 11) is 0. The fourth-order valence-electron chi connectivity index (χ4n) is 1.04. The lowest BCUT2D eigenvalue weighted by Crippen LogP contribution is -2.27. The maximum absolute atomic E-state index is 5.40. The minimum absolute atomic E-state index is 0.773. The van der Waals surface area contributed by atoms with Crippen LogP contribution in [0.4, 0.5) is 5.69 Å². The topological polar surface area (TPSA) is 50.4 Å². The molecule has 0 unspecified atom stereocenters. The SMILES string of the molecule is CCCCSC(=Nc1ccccc1)NN. The van der Waals surface area contributed by atoms with Crippen LogP contribution in [-0.4, -0.2) is 10.9 Å². The van der Waals surface area contributed by atoms with Crippen molar-refractivity contribution in [1.82, 2.24) is 5.43 Å². The van der Waals surface area contributed by atoms with Crippen molar-refractivity contribution in [1.29, 1.82) is 0 Å². The number of hydrazine groups is 1. The number of thioether (sulfide) groups is 1. The fourth-order valence-corrected chi connectivity index (χ4v) is 1.92. The van der Waals surface area contributed by atoms with Gasteiger partial charge in [-0.3, -0.25) is 0 Å². The van der Waals surface area contributed by atoms with Gasteiger partial charge in [-0.25, -0.2) is 10.8 Å². The van der Waals surface area contributed by atoms with Gasteiger partial charge in [0.15, 0.2) is 5.17 Å². The van der Waals surface area contributed by atoms with E-state index in [-0.39, 0.29) is 0 Å². The quantitative estimate of drug-likeness (QED) is 0.271. The third-order valence-electron chi connectivity index (χ3n) is 1.85. The van der Waals surface area contributed by atoms with Crippen molar-refractivity contribution in [2.24, 2.45) is 10.8 Å². The van der Waals surface area contributed by atoms with Gasteiger partial charge in [0.2, 0.25) is 0 Å². The highest BCUT2D eigenvalue weighted by Gasteiger charge is 1.97. The number of aliphatic imine (C=N–C) groups is 1. The number of amidine groups is 1. The summed E-state index contributed by atoms with van der Waals surface area (Å²) >= 11 is 1.65. The van der Waals surface area contributed by atoms with Gasteiger partial charge in [-0.15, -0.1) is 0 Å². The number of rotatable bonds is 4. The molecular weight excluding hydrogens is 206 g/mol. The zero-order valence-corrected chi connectivity index (χ0v) is 9.76. The predicted molar refractivity (Wildman–Crippen MR) is 68.2 cm³/mol. The van der Waals surface area contributed by atoms with Gasteiger partial charge in [0, 0.05) is 5.75 Å². The number of benzene rings is 1. The summed E-state index contributed by atoms with van der Waals surface area (Å²) < 4.78 is 0. The van der Waals surface area contributed by atoms with E-state index in [1.165, 1.54) is 12.8 Å². The van der Waals surface area contributed by atoms with Gasteiger partial charge in [-0.05, 0) is 18.6 Å². The van der Waals surface area contributed by atoms with Crippen molar-refractivity contribution in [2.45, 2.75) is 19.8 Å². The Morgan fingerprint density at radius 2 is 2.13 bits per heavy atom. The lowest BCUT2D eigenvalue weighted by Gasteiger charge is -2.04. The van der Waals surface area contributed by atoms with E-state index in [1.807, 2.05) is 30.3 Å². The molecule has 0 bridgehead atoms.